The highest BCUT2D eigenvalue weighted by molar-refractivity contribution is 7.12. The number of rotatable bonds is 7. The number of thiophene rings is 1. The van der Waals surface area contributed by atoms with Gasteiger partial charge in [0.15, 0.2) is 0 Å². The van der Waals surface area contributed by atoms with E-state index in [9.17, 15) is 4.79 Å². The van der Waals surface area contributed by atoms with E-state index in [2.05, 4.69) is 30.9 Å². The molecule has 0 atom stereocenters. The van der Waals surface area contributed by atoms with Crippen LogP contribution in [0, 0.1) is 5.41 Å². The summed E-state index contributed by atoms with van der Waals surface area (Å²) < 4.78 is 0. The molecule has 1 aromatic heterocycles. The molecule has 2 heterocycles. The van der Waals surface area contributed by atoms with E-state index in [1.165, 1.54) is 49.3 Å². The molecule has 1 aliphatic rings. The lowest BCUT2D eigenvalue weighted by Crippen LogP contribution is -2.45. The van der Waals surface area contributed by atoms with E-state index in [-0.39, 0.29) is 11.3 Å². The number of hydrogen-bond donors (Lipinski definition) is 0. The number of benzene rings is 1. The molecule has 1 saturated heterocycles. The first-order valence-corrected chi connectivity index (χ1v) is 10.5. The SMILES string of the molecule is CC(C)(CN1CCCCC1)CN(Cc1ccccc1)C(=O)c1cccs1. The first kappa shape index (κ1) is 19.1. The van der Waals surface area contributed by atoms with Gasteiger partial charge in [-0.2, -0.15) is 0 Å². The predicted octanol–water partition coefficient (Wildman–Crippen LogP) is 4.90. The van der Waals surface area contributed by atoms with Crippen molar-refractivity contribution in [1.82, 2.24) is 9.80 Å². The molecule has 1 aromatic carbocycles. The molecule has 1 amide bonds. The lowest BCUT2D eigenvalue weighted by Gasteiger charge is -2.38. The van der Waals surface area contributed by atoms with Crippen LogP contribution in [-0.2, 0) is 6.54 Å². The smallest absolute Gasteiger partial charge is 0.264 e. The lowest BCUT2D eigenvalue weighted by molar-refractivity contribution is 0.0606. The van der Waals surface area contributed by atoms with Crippen molar-refractivity contribution in [3.63, 3.8) is 0 Å². The van der Waals surface area contributed by atoms with Gasteiger partial charge in [0, 0.05) is 19.6 Å². The Kier molecular flexibility index (Phi) is 6.49. The Bertz CT molecular complexity index is 675. The Balaban J connectivity index is 1.72. The van der Waals surface area contributed by atoms with Crippen LogP contribution in [0.15, 0.2) is 47.8 Å². The fourth-order valence-electron chi connectivity index (χ4n) is 3.85. The maximum atomic E-state index is 13.1. The second-order valence-electron chi connectivity index (χ2n) is 8.13. The average Bonchev–Trinajstić information content (AvgIpc) is 3.16. The van der Waals surface area contributed by atoms with Crippen LogP contribution in [0.2, 0.25) is 0 Å². The fourth-order valence-corrected chi connectivity index (χ4v) is 4.54. The number of piperidine rings is 1. The summed E-state index contributed by atoms with van der Waals surface area (Å²) in [5.41, 5.74) is 1.25. The number of carbonyl (C=O) groups is 1. The molecular weight excluding hydrogens is 340 g/mol. The maximum absolute atomic E-state index is 13.1. The van der Waals surface area contributed by atoms with Crippen molar-refractivity contribution in [2.24, 2.45) is 5.41 Å². The first-order valence-electron chi connectivity index (χ1n) is 9.63. The van der Waals surface area contributed by atoms with Crippen molar-refractivity contribution in [3.8, 4) is 0 Å². The third-order valence-electron chi connectivity index (χ3n) is 4.95. The van der Waals surface area contributed by atoms with Crippen molar-refractivity contribution in [2.75, 3.05) is 26.2 Å². The number of hydrogen-bond acceptors (Lipinski definition) is 3. The summed E-state index contributed by atoms with van der Waals surface area (Å²) in [7, 11) is 0. The minimum atomic E-state index is 0.0685. The van der Waals surface area contributed by atoms with Gasteiger partial charge in [0.1, 0.15) is 0 Å². The van der Waals surface area contributed by atoms with E-state index >= 15 is 0 Å². The van der Waals surface area contributed by atoms with Crippen LogP contribution in [0.1, 0.15) is 48.3 Å². The Morgan fingerprint density at radius 1 is 1.08 bits per heavy atom. The van der Waals surface area contributed by atoms with Gasteiger partial charge < -0.3 is 9.80 Å². The highest BCUT2D eigenvalue weighted by Crippen LogP contribution is 2.24. The highest BCUT2D eigenvalue weighted by atomic mass is 32.1. The van der Waals surface area contributed by atoms with Crippen molar-refractivity contribution < 1.29 is 4.79 Å². The van der Waals surface area contributed by atoms with Crippen LogP contribution in [0.3, 0.4) is 0 Å². The zero-order valence-corrected chi connectivity index (χ0v) is 16.8. The zero-order chi connectivity index (χ0) is 18.4. The minimum absolute atomic E-state index is 0.0685. The van der Waals surface area contributed by atoms with Gasteiger partial charge >= 0.3 is 0 Å². The van der Waals surface area contributed by atoms with Crippen LogP contribution in [0.4, 0.5) is 0 Å². The first-order chi connectivity index (χ1) is 12.5. The van der Waals surface area contributed by atoms with E-state index < -0.39 is 0 Å². The van der Waals surface area contributed by atoms with Gasteiger partial charge in [-0.1, -0.05) is 56.7 Å². The number of carbonyl (C=O) groups excluding carboxylic acids is 1. The minimum Gasteiger partial charge on any atom is -0.333 e. The Morgan fingerprint density at radius 2 is 1.81 bits per heavy atom. The lowest BCUT2D eigenvalue weighted by atomic mass is 9.90. The van der Waals surface area contributed by atoms with Gasteiger partial charge in [0.2, 0.25) is 0 Å². The normalized spacial score (nSPS) is 15.8. The molecule has 0 aliphatic carbocycles. The van der Waals surface area contributed by atoms with Gasteiger partial charge in [0.05, 0.1) is 4.88 Å². The standard InChI is InChI=1S/C22H30N2OS/c1-22(2,17-23-13-7-4-8-14-23)18-24(16-19-10-5-3-6-11-19)21(25)20-12-9-15-26-20/h3,5-6,9-12,15H,4,7-8,13-14,16-18H2,1-2H3. The van der Waals surface area contributed by atoms with Gasteiger partial charge in [0.25, 0.3) is 5.91 Å². The van der Waals surface area contributed by atoms with E-state index in [4.69, 9.17) is 0 Å². The summed E-state index contributed by atoms with van der Waals surface area (Å²) in [5, 5.41) is 1.98. The molecule has 1 fully saturated rings. The van der Waals surface area contributed by atoms with Crippen molar-refractivity contribution in [1.29, 1.82) is 0 Å². The molecule has 3 nitrogen and oxygen atoms in total. The highest BCUT2D eigenvalue weighted by Gasteiger charge is 2.28. The molecule has 26 heavy (non-hydrogen) atoms. The third kappa shape index (κ3) is 5.42. The molecular formula is C22H30N2OS. The Hall–Kier alpha value is -1.65. The average molecular weight is 371 g/mol. The van der Waals surface area contributed by atoms with Crippen LogP contribution in [-0.4, -0.2) is 41.9 Å². The number of likely N-dealkylation sites (tertiary alicyclic amines) is 1. The topological polar surface area (TPSA) is 23.6 Å². The molecule has 0 spiro atoms. The van der Waals surface area contributed by atoms with Gasteiger partial charge in [-0.05, 0) is 48.4 Å². The summed E-state index contributed by atoms with van der Waals surface area (Å²) in [4.78, 5) is 18.5. The summed E-state index contributed by atoms with van der Waals surface area (Å²) in [6.45, 7) is 9.47. The van der Waals surface area contributed by atoms with E-state index in [1.54, 1.807) is 0 Å². The van der Waals surface area contributed by atoms with Gasteiger partial charge in [-0.15, -0.1) is 11.3 Å². The quantitative estimate of drug-likeness (QED) is 0.692. The fraction of sp³-hybridized carbons (Fsp3) is 0.500. The molecule has 3 rings (SSSR count). The third-order valence-corrected chi connectivity index (χ3v) is 5.81. The molecule has 0 N–H and O–H groups in total. The zero-order valence-electron chi connectivity index (χ0n) is 16.0. The summed E-state index contributed by atoms with van der Waals surface area (Å²) in [6, 6.07) is 14.2. The van der Waals surface area contributed by atoms with Crippen LogP contribution >= 0.6 is 11.3 Å². The number of amides is 1. The second-order valence-corrected chi connectivity index (χ2v) is 9.07. The molecule has 1 aliphatic heterocycles. The predicted molar refractivity (Wildman–Crippen MR) is 110 cm³/mol. The van der Waals surface area contributed by atoms with E-state index in [0.29, 0.717) is 6.54 Å². The molecule has 4 heteroatoms. The molecule has 0 saturated carbocycles. The maximum Gasteiger partial charge on any atom is 0.264 e. The van der Waals surface area contributed by atoms with E-state index in [1.807, 2.05) is 40.6 Å². The van der Waals surface area contributed by atoms with Crippen molar-refractivity contribution >= 4 is 17.2 Å². The second kappa shape index (κ2) is 8.83. The number of nitrogens with zero attached hydrogens (tertiary/aromatic N) is 2. The van der Waals surface area contributed by atoms with Crippen LogP contribution in [0.5, 0.6) is 0 Å². The summed E-state index contributed by atoms with van der Waals surface area (Å²) in [5.74, 6) is 0.149. The van der Waals surface area contributed by atoms with Gasteiger partial charge in [-0.3, -0.25) is 4.79 Å². The van der Waals surface area contributed by atoms with Crippen molar-refractivity contribution in [2.45, 2.75) is 39.7 Å². The molecule has 2 aromatic rings. The largest absolute Gasteiger partial charge is 0.333 e. The Morgan fingerprint density at radius 3 is 2.46 bits per heavy atom. The Labute approximate surface area is 161 Å². The van der Waals surface area contributed by atoms with Crippen LogP contribution < -0.4 is 0 Å². The van der Waals surface area contributed by atoms with Gasteiger partial charge in [-0.25, -0.2) is 0 Å². The molecule has 0 radical (unpaired) electrons. The summed E-state index contributed by atoms with van der Waals surface area (Å²) in [6.07, 6.45) is 3.96. The van der Waals surface area contributed by atoms with E-state index in [0.717, 1.165) is 18.0 Å². The van der Waals surface area contributed by atoms with Crippen molar-refractivity contribution in [3.05, 3.63) is 58.3 Å². The van der Waals surface area contributed by atoms with Crippen LogP contribution in [0.25, 0.3) is 0 Å². The molecule has 0 bridgehead atoms. The monoisotopic (exact) mass is 370 g/mol. The molecule has 140 valence electrons. The summed E-state index contributed by atoms with van der Waals surface area (Å²) >= 11 is 1.53. The molecule has 0 unspecified atom stereocenters.